The molecule has 0 rings (SSSR count). The van der Waals surface area contributed by atoms with Crippen LogP contribution in [0.1, 0.15) is 19.8 Å². The Bertz CT molecular complexity index is 354. The average molecular weight is 304 g/mol. The molecule has 0 aliphatic carbocycles. The van der Waals surface area contributed by atoms with E-state index in [1.807, 2.05) is 0 Å². The molecular weight excluding hydrogens is 286 g/mol. The van der Waals surface area contributed by atoms with Gasteiger partial charge < -0.3 is 35.4 Å². The van der Waals surface area contributed by atoms with Gasteiger partial charge in [-0.15, -0.1) is 0 Å². The molecule has 1 atom stereocenters. The van der Waals surface area contributed by atoms with Gasteiger partial charge in [-0.05, 0) is 13.3 Å². The normalized spacial score (nSPS) is 15.4. The molecule has 0 spiro atoms. The van der Waals surface area contributed by atoms with Gasteiger partial charge in [0, 0.05) is 25.2 Å². The summed E-state index contributed by atoms with van der Waals surface area (Å²) in [7, 11) is -10.7. The van der Waals surface area contributed by atoms with E-state index in [9.17, 15) is 14.2 Å². The molecule has 0 aromatic rings. The fourth-order valence-corrected chi connectivity index (χ4v) is 3.43. The summed E-state index contributed by atoms with van der Waals surface area (Å²) < 4.78 is 22.0. The summed E-state index contributed by atoms with van der Waals surface area (Å²) >= 11 is 0. The summed E-state index contributed by atoms with van der Waals surface area (Å²) in [6.07, 6.45) is 0.239. The Morgan fingerprint density at radius 3 is 2.06 bits per heavy atom. The van der Waals surface area contributed by atoms with Crippen LogP contribution in [0.2, 0.25) is 0 Å². The van der Waals surface area contributed by atoms with Crippen LogP contribution in [0.3, 0.4) is 0 Å². The van der Waals surface area contributed by atoms with Crippen molar-refractivity contribution in [1.82, 2.24) is 5.32 Å². The maximum atomic E-state index is 11.0. The molecule has 0 saturated heterocycles. The Morgan fingerprint density at radius 1 is 1.28 bits per heavy atom. The standard InChI is InChI=1S/C7H18N2O7P2/c1-6(9-5-4-8)2-3-7(10,17(11,12)13)18(14,15)16/h4,6,8-10H,2-3,5H2,1H3,(H2,11,12,13)(H2,14,15,16). The summed E-state index contributed by atoms with van der Waals surface area (Å²) in [6.45, 7) is 1.81. The average Bonchev–Trinajstić information content (AvgIpc) is 2.19. The highest BCUT2D eigenvalue weighted by Gasteiger charge is 2.58. The van der Waals surface area contributed by atoms with Crippen LogP contribution < -0.4 is 5.32 Å². The van der Waals surface area contributed by atoms with E-state index in [1.54, 1.807) is 6.92 Å². The second kappa shape index (κ2) is 6.36. The van der Waals surface area contributed by atoms with Crippen LogP contribution >= 0.6 is 15.2 Å². The van der Waals surface area contributed by atoms with Gasteiger partial charge in [0.15, 0.2) is 0 Å². The molecule has 7 N–H and O–H groups in total. The predicted molar refractivity (Wildman–Crippen MR) is 64.5 cm³/mol. The molecular formula is C7H18N2O7P2. The molecule has 9 nitrogen and oxygen atoms in total. The summed E-state index contributed by atoms with van der Waals surface area (Å²) in [5.41, 5.74) is 0. The molecule has 0 aliphatic rings. The van der Waals surface area contributed by atoms with Crippen molar-refractivity contribution in [3.63, 3.8) is 0 Å². The molecule has 1 unspecified atom stereocenters. The van der Waals surface area contributed by atoms with E-state index in [-0.39, 0.29) is 19.0 Å². The van der Waals surface area contributed by atoms with Crippen LogP contribution in [0.5, 0.6) is 0 Å². The van der Waals surface area contributed by atoms with Gasteiger partial charge in [0.2, 0.25) is 0 Å². The van der Waals surface area contributed by atoms with Crippen molar-refractivity contribution in [2.45, 2.75) is 30.9 Å². The molecule has 0 aromatic heterocycles. The molecule has 0 bridgehead atoms. The smallest absolute Gasteiger partial charge is 0.368 e. The predicted octanol–water partition coefficient (Wildman–Crippen LogP) is -0.604. The lowest BCUT2D eigenvalue weighted by molar-refractivity contribution is 0.118. The van der Waals surface area contributed by atoms with Crippen molar-refractivity contribution in [2.24, 2.45) is 0 Å². The molecule has 11 heteroatoms. The fourth-order valence-electron chi connectivity index (χ4n) is 1.23. The maximum absolute atomic E-state index is 11.0. The van der Waals surface area contributed by atoms with Gasteiger partial charge in [-0.3, -0.25) is 9.13 Å². The largest absolute Gasteiger partial charge is 0.369 e. The van der Waals surface area contributed by atoms with E-state index in [4.69, 9.17) is 25.0 Å². The minimum absolute atomic E-state index is 0.0689. The third kappa shape index (κ3) is 4.53. The van der Waals surface area contributed by atoms with Gasteiger partial charge in [-0.25, -0.2) is 0 Å². The van der Waals surface area contributed by atoms with E-state index in [0.29, 0.717) is 0 Å². The first-order chi connectivity index (χ1) is 7.95. The number of rotatable bonds is 8. The van der Waals surface area contributed by atoms with Crippen LogP contribution in [-0.2, 0) is 9.13 Å². The molecule has 108 valence electrons. The highest BCUT2D eigenvalue weighted by Crippen LogP contribution is 2.69. The first-order valence-electron chi connectivity index (χ1n) is 5.01. The molecule has 0 aromatic carbocycles. The van der Waals surface area contributed by atoms with Gasteiger partial charge >= 0.3 is 15.2 Å². The molecule has 18 heavy (non-hydrogen) atoms. The lowest BCUT2D eigenvalue weighted by atomic mass is 10.2. The number of hydrogen-bond donors (Lipinski definition) is 7. The topological polar surface area (TPSA) is 171 Å². The van der Waals surface area contributed by atoms with E-state index in [2.05, 4.69) is 5.32 Å². The molecule has 0 fully saturated rings. The lowest BCUT2D eigenvalue weighted by Crippen LogP contribution is -2.33. The third-order valence-electron chi connectivity index (χ3n) is 2.41. The maximum Gasteiger partial charge on any atom is 0.369 e. The Kier molecular flexibility index (Phi) is 6.32. The summed E-state index contributed by atoms with van der Waals surface area (Å²) in [4.78, 5) is 35.5. The second-order valence-electron chi connectivity index (χ2n) is 3.91. The van der Waals surface area contributed by atoms with Crippen LogP contribution in [0.4, 0.5) is 0 Å². The van der Waals surface area contributed by atoms with E-state index < -0.39 is 26.7 Å². The van der Waals surface area contributed by atoms with Crippen molar-refractivity contribution in [2.75, 3.05) is 6.54 Å². The van der Waals surface area contributed by atoms with Crippen molar-refractivity contribution in [1.29, 1.82) is 5.41 Å². The third-order valence-corrected chi connectivity index (χ3v) is 6.29. The fraction of sp³-hybridized carbons (Fsp3) is 0.857. The molecule has 0 heterocycles. The van der Waals surface area contributed by atoms with Gasteiger partial charge in [-0.2, -0.15) is 0 Å². The summed E-state index contributed by atoms with van der Waals surface area (Å²) in [5.74, 6) is 0. The highest BCUT2D eigenvalue weighted by molar-refractivity contribution is 7.72. The van der Waals surface area contributed by atoms with E-state index in [0.717, 1.165) is 6.21 Å². The minimum Gasteiger partial charge on any atom is -0.368 e. The Hall–Kier alpha value is -0.110. The van der Waals surface area contributed by atoms with Crippen LogP contribution in [-0.4, -0.2) is 48.6 Å². The lowest BCUT2D eigenvalue weighted by Gasteiger charge is -2.30. The monoisotopic (exact) mass is 304 g/mol. The van der Waals surface area contributed by atoms with Gasteiger partial charge in [0.25, 0.3) is 5.08 Å². The quantitative estimate of drug-likeness (QED) is 0.230. The molecule has 0 aliphatic heterocycles. The van der Waals surface area contributed by atoms with E-state index in [1.165, 1.54) is 0 Å². The zero-order chi connectivity index (χ0) is 14.6. The number of nitrogens with one attached hydrogen (secondary N) is 2. The van der Waals surface area contributed by atoms with Crippen LogP contribution in [0, 0.1) is 5.41 Å². The Balaban J connectivity index is 4.81. The van der Waals surface area contributed by atoms with Gasteiger partial charge in [0.1, 0.15) is 0 Å². The SMILES string of the molecule is CC(CCC(O)(P(=O)(O)O)P(=O)(O)O)NCC=N. The molecule has 0 radical (unpaired) electrons. The first-order valence-corrected chi connectivity index (χ1v) is 8.24. The number of aliphatic hydroxyl groups is 1. The van der Waals surface area contributed by atoms with Gasteiger partial charge in [-0.1, -0.05) is 0 Å². The van der Waals surface area contributed by atoms with Crippen molar-refractivity contribution >= 4 is 21.4 Å². The van der Waals surface area contributed by atoms with Crippen molar-refractivity contribution in [3.8, 4) is 0 Å². The first kappa shape index (κ1) is 17.9. The zero-order valence-corrected chi connectivity index (χ0v) is 11.5. The van der Waals surface area contributed by atoms with Crippen molar-refractivity contribution < 1.29 is 33.8 Å². The summed E-state index contributed by atoms with van der Waals surface area (Å²) in [5, 5.41) is 15.7. The van der Waals surface area contributed by atoms with Crippen molar-refractivity contribution in [3.05, 3.63) is 0 Å². The Labute approximate surface area is 104 Å². The Morgan fingerprint density at radius 2 is 1.72 bits per heavy atom. The molecule has 0 amide bonds. The van der Waals surface area contributed by atoms with Gasteiger partial charge in [0.05, 0.1) is 0 Å². The minimum atomic E-state index is -5.37. The van der Waals surface area contributed by atoms with E-state index >= 15 is 0 Å². The van der Waals surface area contributed by atoms with Crippen LogP contribution in [0.25, 0.3) is 0 Å². The summed E-state index contributed by atoms with van der Waals surface area (Å²) in [6, 6.07) is -0.365. The second-order valence-corrected chi connectivity index (χ2v) is 7.92. The highest BCUT2D eigenvalue weighted by atomic mass is 31.2. The zero-order valence-electron chi connectivity index (χ0n) is 9.72. The number of hydrogen-bond acceptors (Lipinski definition) is 5. The van der Waals surface area contributed by atoms with Crippen LogP contribution in [0.15, 0.2) is 0 Å². The molecule has 0 saturated carbocycles.